The Bertz CT molecular complexity index is 849. The summed E-state index contributed by atoms with van der Waals surface area (Å²) in [6, 6.07) is 12.1. The number of nitrogens with zero attached hydrogens (tertiary/aromatic N) is 1. The first kappa shape index (κ1) is 16.0. The van der Waals surface area contributed by atoms with Crippen LogP contribution in [0.4, 0.5) is 13.2 Å². The van der Waals surface area contributed by atoms with Gasteiger partial charge in [-0.3, -0.25) is 0 Å². The number of esters is 1. The van der Waals surface area contributed by atoms with Crippen molar-refractivity contribution in [3.63, 3.8) is 0 Å². The van der Waals surface area contributed by atoms with Crippen LogP contribution in [-0.2, 0) is 15.7 Å². The smallest absolute Gasteiger partial charge is 0.402 e. The molecule has 3 nitrogen and oxygen atoms in total. The summed E-state index contributed by atoms with van der Waals surface area (Å²) in [6.07, 6.45) is -3.42. The van der Waals surface area contributed by atoms with Crippen molar-refractivity contribution in [2.24, 2.45) is 4.99 Å². The topological polar surface area (TPSA) is 38.7 Å². The van der Waals surface area contributed by atoms with Gasteiger partial charge >= 0.3 is 12.1 Å². The summed E-state index contributed by atoms with van der Waals surface area (Å²) in [5.74, 6) is -0.696. The van der Waals surface area contributed by atoms with Crippen molar-refractivity contribution in [2.45, 2.75) is 13.1 Å². The second-order valence-electron chi connectivity index (χ2n) is 5.29. The highest BCUT2D eigenvalue weighted by atomic mass is 19.4. The molecule has 2 aromatic carbocycles. The molecule has 0 fully saturated rings. The highest BCUT2D eigenvalue weighted by molar-refractivity contribution is 6.12. The number of aryl methyl sites for hydroxylation is 1. The van der Waals surface area contributed by atoms with Crippen molar-refractivity contribution < 1.29 is 22.7 Å². The van der Waals surface area contributed by atoms with E-state index < -0.39 is 17.7 Å². The SMILES string of the molecule is Cc1ccc(C2=N/C(=C/c3ccccc3C(F)(F)F)C(=O)O2)cc1. The molecule has 0 saturated heterocycles. The van der Waals surface area contributed by atoms with Crippen molar-refractivity contribution >= 4 is 17.9 Å². The van der Waals surface area contributed by atoms with Crippen LogP contribution in [-0.4, -0.2) is 11.9 Å². The van der Waals surface area contributed by atoms with E-state index in [-0.39, 0.29) is 17.2 Å². The van der Waals surface area contributed by atoms with Crippen LogP contribution in [0, 0.1) is 6.92 Å². The van der Waals surface area contributed by atoms with Gasteiger partial charge in [0.1, 0.15) is 0 Å². The van der Waals surface area contributed by atoms with Gasteiger partial charge in [-0.05, 0) is 36.8 Å². The van der Waals surface area contributed by atoms with Crippen LogP contribution >= 0.6 is 0 Å². The highest BCUT2D eigenvalue weighted by Gasteiger charge is 2.33. The fourth-order valence-electron chi connectivity index (χ4n) is 2.26. The third-order valence-electron chi connectivity index (χ3n) is 3.48. The number of hydrogen-bond acceptors (Lipinski definition) is 3. The molecule has 0 radical (unpaired) electrons. The number of alkyl halides is 3. The third kappa shape index (κ3) is 3.22. The van der Waals surface area contributed by atoms with Gasteiger partial charge in [-0.25, -0.2) is 9.79 Å². The molecule has 1 aliphatic heterocycles. The van der Waals surface area contributed by atoms with Crippen molar-refractivity contribution in [1.82, 2.24) is 0 Å². The minimum absolute atomic E-state index is 0.0794. The van der Waals surface area contributed by atoms with Crippen molar-refractivity contribution in [2.75, 3.05) is 0 Å². The monoisotopic (exact) mass is 331 g/mol. The number of cyclic esters (lactones) is 1. The van der Waals surface area contributed by atoms with Gasteiger partial charge in [0.25, 0.3) is 0 Å². The summed E-state index contributed by atoms with van der Waals surface area (Å²) in [4.78, 5) is 15.9. The molecule has 0 atom stereocenters. The molecule has 0 saturated carbocycles. The number of carbonyl (C=O) groups is 1. The van der Waals surface area contributed by atoms with E-state index in [1.165, 1.54) is 18.2 Å². The predicted molar refractivity (Wildman–Crippen MR) is 83.2 cm³/mol. The first-order valence-electron chi connectivity index (χ1n) is 7.10. The summed E-state index contributed by atoms with van der Waals surface area (Å²) < 4.78 is 44.1. The van der Waals surface area contributed by atoms with Crippen LogP contribution in [0.15, 0.2) is 59.2 Å². The zero-order chi connectivity index (χ0) is 17.3. The average molecular weight is 331 g/mol. The second-order valence-corrected chi connectivity index (χ2v) is 5.29. The van der Waals surface area contributed by atoms with Crippen LogP contribution in [0.3, 0.4) is 0 Å². The van der Waals surface area contributed by atoms with Crippen LogP contribution in [0.5, 0.6) is 0 Å². The maximum atomic E-state index is 13.0. The van der Waals surface area contributed by atoms with Crippen molar-refractivity contribution in [1.29, 1.82) is 0 Å². The Morgan fingerprint density at radius 3 is 2.38 bits per heavy atom. The largest absolute Gasteiger partial charge is 0.416 e. The van der Waals surface area contributed by atoms with Gasteiger partial charge < -0.3 is 4.74 Å². The lowest BCUT2D eigenvalue weighted by Gasteiger charge is -2.09. The normalized spacial score (nSPS) is 16.2. The lowest BCUT2D eigenvalue weighted by molar-refractivity contribution is -0.137. The lowest BCUT2D eigenvalue weighted by atomic mass is 10.1. The standard InChI is InChI=1S/C18H12F3NO2/c1-11-6-8-12(9-7-11)16-22-15(17(23)24-16)10-13-4-2-3-5-14(13)18(19,20)21/h2-10H,1H3/b15-10+. The Labute approximate surface area is 136 Å². The van der Waals surface area contributed by atoms with Gasteiger partial charge in [-0.2, -0.15) is 13.2 Å². The van der Waals surface area contributed by atoms with Crippen molar-refractivity contribution in [3.05, 3.63) is 76.5 Å². The molecular weight excluding hydrogens is 319 g/mol. The van der Waals surface area contributed by atoms with E-state index >= 15 is 0 Å². The first-order chi connectivity index (χ1) is 11.3. The Hall–Kier alpha value is -2.89. The zero-order valence-electron chi connectivity index (χ0n) is 12.6. The van der Waals surface area contributed by atoms with E-state index in [2.05, 4.69) is 4.99 Å². The van der Waals surface area contributed by atoms with E-state index in [0.717, 1.165) is 17.7 Å². The third-order valence-corrected chi connectivity index (χ3v) is 3.48. The first-order valence-corrected chi connectivity index (χ1v) is 7.10. The Morgan fingerprint density at radius 2 is 1.71 bits per heavy atom. The van der Waals surface area contributed by atoms with E-state index in [1.807, 2.05) is 19.1 Å². The number of aliphatic imine (C=N–C) groups is 1. The quantitative estimate of drug-likeness (QED) is 0.606. The summed E-state index contributed by atoms with van der Waals surface area (Å²) in [5, 5.41) is 0. The van der Waals surface area contributed by atoms with E-state index in [4.69, 9.17) is 4.74 Å². The van der Waals surface area contributed by atoms with Gasteiger partial charge in [-0.1, -0.05) is 35.9 Å². The Morgan fingerprint density at radius 1 is 1.04 bits per heavy atom. The number of halogens is 3. The molecule has 0 unspecified atom stereocenters. The fraction of sp³-hybridized carbons (Fsp3) is 0.111. The Balaban J connectivity index is 1.99. The predicted octanol–water partition coefficient (Wildman–Crippen LogP) is 4.36. The molecule has 1 aliphatic rings. The molecule has 0 spiro atoms. The molecule has 2 aromatic rings. The summed E-state index contributed by atoms with van der Waals surface area (Å²) in [5.41, 5.74) is 0.484. The minimum Gasteiger partial charge on any atom is -0.402 e. The molecular formula is C18H12F3NO2. The molecule has 3 rings (SSSR count). The second kappa shape index (κ2) is 5.96. The summed E-state index contributed by atoms with van der Waals surface area (Å²) in [6.45, 7) is 1.91. The molecule has 24 heavy (non-hydrogen) atoms. The van der Waals surface area contributed by atoms with E-state index in [0.29, 0.717) is 5.56 Å². The number of benzene rings is 2. The van der Waals surface area contributed by atoms with Crippen LogP contribution in [0.2, 0.25) is 0 Å². The number of hydrogen-bond donors (Lipinski definition) is 0. The average Bonchev–Trinajstić information content (AvgIpc) is 2.88. The number of rotatable bonds is 2. The molecule has 1 heterocycles. The molecule has 0 N–H and O–H groups in total. The van der Waals surface area contributed by atoms with Crippen molar-refractivity contribution in [3.8, 4) is 0 Å². The minimum atomic E-state index is -4.51. The maximum absolute atomic E-state index is 13.0. The van der Waals surface area contributed by atoms with Gasteiger partial charge in [-0.15, -0.1) is 0 Å². The summed E-state index contributed by atoms with van der Waals surface area (Å²) >= 11 is 0. The van der Waals surface area contributed by atoms with E-state index in [1.54, 1.807) is 12.1 Å². The van der Waals surface area contributed by atoms with Crippen LogP contribution in [0.25, 0.3) is 6.08 Å². The molecule has 0 aromatic heterocycles. The fourth-order valence-corrected chi connectivity index (χ4v) is 2.26. The number of carbonyl (C=O) groups excluding carboxylic acids is 1. The molecule has 0 amide bonds. The molecule has 122 valence electrons. The summed E-state index contributed by atoms with van der Waals surface area (Å²) in [7, 11) is 0. The van der Waals surface area contributed by atoms with Gasteiger partial charge in [0.15, 0.2) is 5.70 Å². The zero-order valence-corrected chi connectivity index (χ0v) is 12.6. The van der Waals surface area contributed by atoms with Gasteiger partial charge in [0, 0.05) is 5.56 Å². The Kier molecular flexibility index (Phi) is 3.97. The maximum Gasteiger partial charge on any atom is 0.416 e. The molecule has 0 bridgehead atoms. The molecule has 0 aliphatic carbocycles. The molecule has 6 heteroatoms. The van der Waals surface area contributed by atoms with Crippen LogP contribution in [0.1, 0.15) is 22.3 Å². The van der Waals surface area contributed by atoms with Gasteiger partial charge in [0.05, 0.1) is 5.56 Å². The van der Waals surface area contributed by atoms with Gasteiger partial charge in [0.2, 0.25) is 5.90 Å². The lowest BCUT2D eigenvalue weighted by Crippen LogP contribution is -2.08. The van der Waals surface area contributed by atoms with Crippen LogP contribution < -0.4 is 0 Å². The van der Waals surface area contributed by atoms with E-state index in [9.17, 15) is 18.0 Å². The number of ether oxygens (including phenoxy) is 1. The highest BCUT2D eigenvalue weighted by Crippen LogP contribution is 2.33.